The largest absolute Gasteiger partial charge is 0.0850 e. The summed E-state index contributed by atoms with van der Waals surface area (Å²) in [7, 11) is 0. The molecular weight excluding hydrogens is 528 g/mol. The van der Waals surface area contributed by atoms with Crippen LogP contribution in [-0.4, -0.2) is 0 Å². The lowest BCUT2D eigenvalue weighted by Gasteiger charge is -2.27. The summed E-state index contributed by atoms with van der Waals surface area (Å²) in [5.41, 5.74) is 16.5. The Morgan fingerprint density at radius 1 is 0.659 bits per heavy atom. The monoisotopic (exact) mass is 574 g/mol. The van der Waals surface area contributed by atoms with Crippen molar-refractivity contribution in [2.45, 2.75) is 66.2 Å². The fourth-order valence-electron chi connectivity index (χ4n) is 6.67. The minimum absolute atomic E-state index is 0.371. The Kier molecular flexibility index (Phi) is 9.27. The molecule has 0 saturated carbocycles. The molecule has 0 saturated heterocycles. The van der Waals surface area contributed by atoms with Crippen LogP contribution < -0.4 is 0 Å². The van der Waals surface area contributed by atoms with Crippen LogP contribution >= 0.6 is 0 Å². The maximum absolute atomic E-state index is 2.48. The Balaban J connectivity index is 1.21. The minimum atomic E-state index is 0.371. The van der Waals surface area contributed by atoms with Crippen LogP contribution in [0.3, 0.4) is 0 Å². The fraction of sp³-hybridized carbons (Fsp3) is 0.273. The van der Waals surface area contributed by atoms with Crippen molar-refractivity contribution < 1.29 is 0 Å². The van der Waals surface area contributed by atoms with Gasteiger partial charge in [0.05, 0.1) is 0 Å². The van der Waals surface area contributed by atoms with Gasteiger partial charge in [-0.25, -0.2) is 0 Å². The van der Waals surface area contributed by atoms with Crippen LogP contribution in [-0.2, 0) is 0 Å². The van der Waals surface area contributed by atoms with Crippen molar-refractivity contribution in [3.05, 3.63) is 171 Å². The third-order valence-corrected chi connectivity index (χ3v) is 9.61. The van der Waals surface area contributed by atoms with E-state index in [-0.39, 0.29) is 0 Å². The van der Waals surface area contributed by atoms with Crippen LogP contribution in [0.5, 0.6) is 0 Å². The Labute approximate surface area is 265 Å². The van der Waals surface area contributed by atoms with Crippen molar-refractivity contribution >= 4 is 17.2 Å². The predicted octanol–water partition coefficient (Wildman–Crippen LogP) is 12.2. The molecule has 0 nitrogen and oxygen atoms in total. The molecule has 3 aromatic rings. The van der Waals surface area contributed by atoms with Gasteiger partial charge in [-0.3, -0.25) is 0 Å². The van der Waals surface area contributed by atoms with Crippen molar-refractivity contribution in [3.63, 3.8) is 0 Å². The minimum Gasteiger partial charge on any atom is -0.0850 e. The molecule has 0 fully saturated rings. The lowest BCUT2D eigenvalue weighted by molar-refractivity contribution is 0.542. The van der Waals surface area contributed by atoms with Crippen molar-refractivity contribution in [2.24, 2.45) is 11.8 Å². The van der Waals surface area contributed by atoms with E-state index in [2.05, 4.69) is 149 Å². The molecule has 0 bridgehead atoms. The summed E-state index contributed by atoms with van der Waals surface area (Å²) in [6.45, 7) is 8.84. The molecule has 2 atom stereocenters. The normalized spacial score (nSPS) is 20.3. The zero-order valence-electron chi connectivity index (χ0n) is 26.9. The molecule has 44 heavy (non-hydrogen) atoms. The van der Waals surface area contributed by atoms with Gasteiger partial charge < -0.3 is 0 Å². The first-order valence-electron chi connectivity index (χ1n) is 16.5. The summed E-state index contributed by atoms with van der Waals surface area (Å²) in [4.78, 5) is 0. The van der Waals surface area contributed by atoms with Crippen molar-refractivity contribution in [2.75, 3.05) is 0 Å². The molecule has 0 heterocycles. The third-order valence-electron chi connectivity index (χ3n) is 9.61. The van der Waals surface area contributed by atoms with E-state index in [4.69, 9.17) is 0 Å². The summed E-state index contributed by atoms with van der Waals surface area (Å²) in [5, 5.41) is 0. The van der Waals surface area contributed by atoms with Gasteiger partial charge in [-0.05, 0) is 123 Å². The molecule has 2 unspecified atom stereocenters. The predicted molar refractivity (Wildman–Crippen MR) is 191 cm³/mol. The molecule has 0 heteroatoms. The summed E-state index contributed by atoms with van der Waals surface area (Å²) < 4.78 is 0. The van der Waals surface area contributed by atoms with E-state index in [1.54, 1.807) is 11.1 Å². The van der Waals surface area contributed by atoms with Gasteiger partial charge >= 0.3 is 0 Å². The number of hydrogen-bond donors (Lipinski definition) is 0. The van der Waals surface area contributed by atoms with Crippen molar-refractivity contribution in [1.29, 1.82) is 0 Å². The molecule has 222 valence electrons. The van der Waals surface area contributed by atoms with Gasteiger partial charge in [0.2, 0.25) is 0 Å². The lowest BCUT2D eigenvalue weighted by atomic mass is 9.78. The fourth-order valence-corrected chi connectivity index (χ4v) is 6.67. The highest BCUT2D eigenvalue weighted by molar-refractivity contribution is 5.81. The zero-order valence-corrected chi connectivity index (χ0v) is 26.9. The maximum atomic E-state index is 2.48. The Hall–Kier alpha value is -4.16. The second kappa shape index (κ2) is 13.6. The van der Waals surface area contributed by atoms with Gasteiger partial charge in [0.25, 0.3) is 0 Å². The molecule has 0 amide bonds. The summed E-state index contributed by atoms with van der Waals surface area (Å²) in [6, 6.07) is 27.1. The zero-order chi connectivity index (χ0) is 30.5. The SMILES string of the molecule is CC1=CC=C(C(=Cc2ccc(C3=CCC(C=C(c4ccc(C)cc4)c4ccc(C)cc4)C=C3)cc2)C2CC=C(C)CC2)CC1. The maximum Gasteiger partial charge on any atom is -0.000588 e. The van der Waals surface area contributed by atoms with Crippen LogP contribution in [0.2, 0.25) is 0 Å². The highest BCUT2D eigenvalue weighted by atomic mass is 14.3. The number of hydrogen-bond acceptors (Lipinski definition) is 0. The van der Waals surface area contributed by atoms with Gasteiger partial charge in [-0.1, -0.05) is 144 Å². The van der Waals surface area contributed by atoms with E-state index in [1.165, 1.54) is 81.4 Å². The van der Waals surface area contributed by atoms with Crippen molar-refractivity contribution in [1.82, 2.24) is 0 Å². The van der Waals surface area contributed by atoms with E-state index in [0.717, 1.165) is 12.8 Å². The Morgan fingerprint density at radius 3 is 1.89 bits per heavy atom. The second-order valence-corrected chi connectivity index (χ2v) is 13.2. The van der Waals surface area contributed by atoms with Crippen LogP contribution in [0.4, 0.5) is 0 Å². The van der Waals surface area contributed by atoms with E-state index in [0.29, 0.717) is 11.8 Å². The van der Waals surface area contributed by atoms with Crippen LogP contribution in [0.15, 0.2) is 138 Å². The van der Waals surface area contributed by atoms with E-state index in [9.17, 15) is 0 Å². The molecule has 3 aromatic carbocycles. The smallest absolute Gasteiger partial charge is 0.000588 e. The first-order chi connectivity index (χ1) is 21.4. The molecule has 0 spiro atoms. The first kappa shape index (κ1) is 29.9. The molecule has 0 N–H and O–H groups in total. The Morgan fingerprint density at radius 2 is 1.34 bits per heavy atom. The quantitative estimate of drug-likeness (QED) is 0.246. The first-order valence-corrected chi connectivity index (χ1v) is 16.5. The van der Waals surface area contributed by atoms with Gasteiger partial charge in [0.15, 0.2) is 0 Å². The Bertz CT molecular complexity index is 1640. The van der Waals surface area contributed by atoms with Crippen LogP contribution in [0.1, 0.15) is 85.8 Å². The summed E-state index contributed by atoms with van der Waals surface area (Å²) in [5.74, 6) is 0.992. The van der Waals surface area contributed by atoms with E-state index >= 15 is 0 Å². The molecule has 0 aromatic heterocycles. The number of benzene rings is 3. The second-order valence-electron chi connectivity index (χ2n) is 13.2. The van der Waals surface area contributed by atoms with Crippen LogP contribution in [0.25, 0.3) is 17.2 Å². The number of rotatable bonds is 7. The average molecular weight is 575 g/mol. The molecule has 0 radical (unpaired) electrons. The summed E-state index contributed by atoms with van der Waals surface area (Å²) in [6.07, 6.45) is 26.2. The molecule has 0 aliphatic heterocycles. The lowest BCUT2D eigenvalue weighted by Crippen LogP contribution is -2.11. The van der Waals surface area contributed by atoms with E-state index in [1.807, 2.05) is 0 Å². The third kappa shape index (κ3) is 7.31. The van der Waals surface area contributed by atoms with Gasteiger partial charge in [0.1, 0.15) is 0 Å². The van der Waals surface area contributed by atoms with Gasteiger partial charge in [-0.15, -0.1) is 0 Å². The van der Waals surface area contributed by atoms with E-state index < -0.39 is 0 Å². The number of aryl methyl sites for hydroxylation is 2. The highest BCUT2D eigenvalue weighted by Crippen LogP contribution is 2.38. The molecular formula is C44H46. The highest BCUT2D eigenvalue weighted by Gasteiger charge is 2.21. The van der Waals surface area contributed by atoms with Gasteiger partial charge in [-0.2, -0.15) is 0 Å². The van der Waals surface area contributed by atoms with Crippen LogP contribution in [0, 0.1) is 25.7 Å². The molecule has 3 aliphatic carbocycles. The van der Waals surface area contributed by atoms with Gasteiger partial charge in [0, 0.05) is 0 Å². The standard InChI is InChI=1S/C44H46/c1-31-5-17-39(18-6-31)43(40-19-7-32(2)8-20-40)29-35-13-25-37(26-14-35)38-27-15-36(16-28-38)30-44(41-21-9-33(3)10-22-41)42-23-11-34(4)12-24-42/h5-9,11,13,15-21,25-30,35,42H,10,12,14,22-24H2,1-4H3. The number of allylic oxidation sites excluding steroid dienone is 12. The summed E-state index contributed by atoms with van der Waals surface area (Å²) >= 11 is 0. The van der Waals surface area contributed by atoms with Crippen molar-refractivity contribution in [3.8, 4) is 0 Å². The topological polar surface area (TPSA) is 0 Å². The molecule has 3 aliphatic rings. The molecule has 6 rings (SSSR count). The average Bonchev–Trinajstić information content (AvgIpc) is 3.05.